The van der Waals surface area contributed by atoms with Crippen LogP contribution < -0.4 is 0 Å². The summed E-state index contributed by atoms with van der Waals surface area (Å²) in [5, 5.41) is 0.0973. The van der Waals surface area contributed by atoms with Gasteiger partial charge in [0.1, 0.15) is 0 Å². The molecule has 6 atom stereocenters. The number of allylic oxidation sites excluding steroid dienone is 4. The molecule has 0 heterocycles. The highest BCUT2D eigenvalue weighted by Gasteiger charge is 2.59. The molecule has 24 heavy (non-hydrogen) atoms. The van der Waals surface area contributed by atoms with Gasteiger partial charge in [-0.25, -0.2) is 0 Å². The molecule has 0 bridgehead atoms. The Kier molecular flexibility index (Phi) is 3.69. The number of carbonyl (C=O) groups is 2. The third-order valence-electron chi connectivity index (χ3n) is 8.15. The molecule has 3 saturated carbocycles. The Hall–Kier alpha value is -0.830. The first-order valence-electron chi connectivity index (χ1n) is 9.45. The zero-order chi connectivity index (χ0) is 17.3. The van der Waals surface area contributed by atoms with Crippen molar-refractivity contribution in [1.29, 1.82) is 0 Å². The van der Waals surface area contributed by atoms with Gasteiger partial charge in [-0.3, -0.25) is 9.59 Å². The van der Waals surface area contributed by atoms with Crippen LogP contribution in [0.4, 0.5) is 0 Å². The molecule has 0 N–H and O–H groups in total. The molecule has 0 aromatic heterocycles. The molecule has 130 valence electrons. The van der Waals surface area contributed by atoms with Gasteiger partial charge < -0.3 is 0 Å². The molecule has 4 aliphatic rings. The lowest BCUT2D eigenvalue weighted by molar-refractivity contribution is -0.120. The van der Waals surface area contributed by atoms with Crippen LogP contribution in [0.3, 0.4) is 0 Å². The first-order chi connectivity index (χ1) is 11.3. The van der Waals surface area contributed by atoms with Gasteiger partial charge in [0.25, 0.3) is 0 Å². The van der Waals surface area contributed by atoms with Gasteiger partial charge in [-0.15, -0.1) is 12.6 Å². The van der Waals surface area contributed by atoms with E-state index in [9.17, 15) is 9.59 Å². The van der Waals surface area contributed by atoms with Gasteiger partial charge in [0, 0.05) is 11.3 Å². The van der Waals surface area contributed by atoms with Crippen molar-refractivity contribution in [3.05, 3.63) is 23.3 Å². The average Bonchev–Trinajstić information content (AvgIpc) is 2.86. The van der Waals surface area contributed by atoms with E-state index in [1.165, 1.54) is 24.8 Å². The molecule has 3 fully saturated rings. The summed E-state index contributed by atoms with van der Waals surface area (Å²) in [5.41, 5.74) is 2.44. The number of rotatable bonds is 1. The summed E-state index contributed by atoms with van der Waals surface area (Å²) < 4.78 is 0. The van der Waals surface area contributed by atoms with E-state index in [2.05, 4.69) is 32.6 Å². The monoisotopic (exact) mass is 344 g/mol. The van der Waals surface area contributed by atoms with Crippen molar-refractivity contribution in [3.63, 3.8) is 0 Å². The van der Waals surface area contributed by atoms with Gasteiger partial charge >= 0.3 is 0 Å². The Morgan fingerprint density at radius 2 is 1.92 bits per heavy atom. The SMILES string of the molecule is CC1=C[C@@]2(C)C(=CC1=O)CC[C@@H]1[C@@H]2CC[C@]2(C)C(C(=O)S)CC[C@@H]12. The van der Waals surface area contributed by atoms with Gasteiger partial charge in [0.2, 0.25) is 0 Å². The van der Waals surface area contributed by atoms with Crippen molar-refractivity contribution >= 4 is 23.5 Å². The lowest BCUT2D eigenvalue weighted by atomic mass is 9.47. The van der Waals surface area contributed by atoms with Crippen molar-refractivity contribution in [1.82, 2.24) is 0 Å². The first kappa shape index (κ1) is 16.6. The lowest BCUT2D eigenvalue weighted by Crippen LogP contribution is -2.50. The summed E-state index contributed by atoms with van der Waals surface area (Å²) in [4.78, 5) is 24.2. The second-order valence-corrected chi connectivity index (χ2v) is 9.51. The van der Waals surface area contributed by atoms with Crippen LogP contribution in [0, 0.1) is 34.5 Å². The summed E-state index contributed by atoms with van der Waals surface area (Å²) in [6.07, 6.45) is 10.9. The molecule has 4 aliphatic carbocycles. The number of hydrogen-bond acceptors (Lipinski definition) is 2. The number of thiol groups is 1. The van der Waals surface area contributed by atoms with E-state index in [1.807, 2.05) is 13.0 Å². The Morgan fingerprint density at radius 1 is 1.17 bits per heavy atom. The Balaban J connectivity index is 1.70. The topological polar surface area (TPSA) is 34.1 Å². The summed E-state index contributed by atoms with van der Waals surface area (Å²) in [6, 6.07) is 0. The summed E-state index contributed by atoms with van der Waals surface area (Å²) >= 11 is 4.20. The van der Waals surface area contributed by atoms with E-state index in [4.69, 9.17) is 0 Å². The number of fused-ring (bicyclic) bond motifs is 5. The average molecular weight is 345 g/mol. The fraction of sp³-hybridized carbons (Fsp3) is 0.714. The van der Waals surface area contributed by atoms with Crippen molar-refractivity contribution in [3.8, 4) is 0 Å². The quantitative estimate of drug-likeness (QED) is 0.696. The van der Waals surface area contributed by atoms with Crippen molar-refractivity contribution < 1.29 is 9.59 Å². The second-order valence-electron chi connectivity index (χ2n) is 9.07. The summed E-state index contributed by atoms with van der Waals surface area (Å²) in [6.45, 7) is 6.66. The molecule has 1 unspecified atom stereocenters. The van der Waals surface area contributed by atoms with Gasteiger partial charge in [-0.1, -0.05) is 25.5 Å². The van der Waals surface area contributed by atoms with Gasteiger partial charge in [0.15, 0.2) is 10.9 Å². The maximum Gasteiger partial charge on any atom is 0.189 e. The van der Waals surface area contributed by atoms with Crippen LogP contribution in [0.25, 0.3) is 0 Å². The minimum absolute atomic E-state index is 0.0469. The standard InChI is InChI=1S/C21H28O2S/c1-12-11-21(3)13(10-18(12)22)4-5-14-15-6-7-17(19(23)24)20(15,2)9-8-16(14)21/h10-11,14-17H,4-9H2,1-3H3,(H,23,24)/t14-,15-,16-,17?,20-,21-/m0/s1. The highest BCUT2D eigenvalue weighted by atomic mass is 32.1. The Bertz CT molecular complexity index is 675. The van der Waals surface area contributed by atoms with E-state index in [1.54, 1.807) is 0 Å². The van der Waals surface area contributed by atoms with E-state index in [-0.39, 0.29) is 27.6 Å². The molecule has 0 aromatic rings. The molecule has 3 heteroatoms. The minimum atomic E-state index is 0.0469. The fourth-order valence-corrected chi connectivity index (χ4v) is 7.31. The molecular weight excluding hydrogens is 316 g/mol. The molecule has 0 saturated heterocycles. The normalized spacial score (nSPS) is 47.2. The Morgan fingerprint density at radius 3 is 2.62 bits per heavy atom. The molecule has 0 aliphatic heterocycles. The molecular formula is C21H28O2S. The van der Waals surface area contributed by atoms with Crippen molar-refractivity contribution in [2.45, 2.75) is 59.3 Å². The molecule has 0 amide bonds. The predicted octanol–water partition coefficient (Wildman–Crippen LogP) is 4.76. The van der Waals surface area contributed by atoms with Gasteiger partial charge in [0.05, 0.1) is 0 Å². The number of carbonyl (C=O) groups excluding carboxylic acids is 2. The molecule has 0 radical (unpaired) electrons. The number of hydrogen-bond donors (Lipinski definition) is 1. The van der Waals surface area contributed by atoms with E-state index < -0.39 is 0 Å². The van der Waals surface area contributed by atoms with E-state index in [0.717, 1.165) is 24.8 Å². The predicted molar refractivity (Wildman–Crippen MR) is 98.7 cm³/mol. The van der Waals surface area contributed by atoms with Crippen LogP contribution in [0.15, 0.2) is 23.3 Å². The maximum absolute atomic E-state index is 12.1. The van der Waals surface area contributed by atoms with Crippen LogP contribution >= 0.6 is 12.6 Å². The van der Waals surface area contributed by atoms with Crippen molar-refractivity contribution in [2.24, 2.45) is 34.5 Å². The van der Waals surface area contributed by atoms with Crippen LogP contribution in [0.5, 0.6) is 0 Å². The van der Waals surface area contributed by atoms with Crippen LogP contribution in [0.2, 0.25) is 0 Å². The van der Waals surface area contributed by atoms with Crippen molar-refractivity contribution in [2.75, 3.05) is 0 Å². The van der Waals surface area contributed by atoms with Crippen LogP contribution in [0.1, 0.15) is 59.3 Å². The third-order valence-corrected chi connectivity index (χ3v) is 8.47. The molecule has 0 aromatic carbocycles. The molecule has 2 nitrogen and oxygen atoms in total. The highest BCUT2D eigenvalue weighted by molar-refractivity contribution is 7.96. The highest BCUT2D eigenvalue weighted by Crippen LogP contribution is 2.66. The first-order valence-corrected chi connectivity index (χ1v) is 9.90. The maximum atomic E-state index is 12.1. The fourth-order valence-electron chi connectivity index (χ4n) is 6.89. The van der Waals surface area contributed by atoms with E-state index >= 15 is 0 Å². The van der Waals surface area contributed by atoms with Gasteiger partial charge in [-0.2, -0.15) is 0 Å². The Labute approximate surface area is 150 Å². The van der Waals surface area contributed by atoms with Crippen LogP contribution in [-0.4, -0.2) is 10.9 Å². The zero-order valence-electron chi connectivity index (χ0n) is 15.0. The molecule has 0 spiro atoms. The minimum Gasteiger partial charge on any atom is -0.290 e. The summed E-state index contributed by atoms with van der Waals surface area (Å²) in [7, 11) is 0. The second kappa shape index (κ2) is 5.33. The smallest absolute Gasteiger partial charge is 0.189 e. The van der Waals surface area contributed by atoms with Crippen LogP contribution in [-0.2, 0) is 9.59 Å². The zero-order valence-corrected chi connectivity index (χ0v) is 15.9. The molecule has 4 rings (SSSR count). The van der Waals surface area contributed by atoms with E-state index in [0.29, 0.717) is 17.8 Å². The number of ketones is 1. The lowest BCUT2D eigenvalue weighted by Gasteiger charge is -2.57. The summed E-state index contributed by atoms with van der Waals surface area (Å²) in [5.74, 6) is 2.28. The largest absolute Gasteiger partial charge is 0.290 e. The third kappa shape index (κ3) is 2.09. The van der Waals surface area contributed by atoms with Gasteiger partial charge in [-0.05, 0) is 80.3 Å².